The highest BCUT2D eigenvalue weighted by Crippen LogP contribution is 2.35. The summed E-state index contributed by atoms with van der Waals surface area (Å²) in [4.78, 5) is 15.4. The number of amides is 1. The largest absolute Gasteiger partial charge is 0.351 e. The summed E-state index contributed by atoms with van der Waals surface area (Å²) in [5.41, 5.74) is 0.957. The van der Waals surface area contributed by atoms with Crippen molar-refractivity contribution in [3.05, 3.63) is 18.2 Å². The van der Waals surface area contributed by atoms with Gasteiger partial charge >= 0.3 is 0 Å². The van der Waals surface area contributed by atoms with E-state index in [1.54, 1.807) is 6.33 Å². The van der Waals surface area contributed by atoms with Gasteiger partial charge in [0.15, 0.2) is 0 Å². The van der Waals surface area contributed by atoms with Crippen LogP contribution in [0.25, 0.3) is 0 Å². The topological polar surface area (TPSA) is 46.9 Å². The quantitative estimate of drug-likeness (QED) is 0.717. The zero-order valence-corrected chi connectivity index (χ0v) is 8.74. The maximum Gasteiger partial charge on any atom is 0.221 e. The molecule has 4 heteroatoms. The zero-order valence-electron chi connectivity index (χ0n) is 8.74. The first-order valence-electron chi connectivity index (χ1n) is 4.78. The molecule has 14 heavy (non-hydrogen) atoms. The molecule has 1 aromatic rings. The molecule has 76 valence electrons. The van der Waals surface area contributed by atoms with Crippen LogP contribution in [0, 0.1) is 0 Å². The maximum absolute atomic E-state index is 11.3. The van der Waals surface area contributed by atoms with E-state index in [-0.39, 0.29) is 17.4 Å². The monoisotopic (exact) mass is 193 g/mol. The lowest BCUT2D eigenvalue weighted by Crippen LogP contribution is -2.39. The highest BCUT2D eigenvalue weighted by atomic mass is 16.2. The van der Waals surface area contributed by atoms with Gasteiger partial charge < -0.3 is 9.88 Å². The van der Waals surface area contributed by atoms with E-state index < -0.39 is 0 Å². The second kappa shape index (κ2) is 2.83. The van der Waals surface area contributed by atoms with Crippen LogP contribution < -0.4 is 5.32 Å². The Morgan fingerprint density at radius 3 is 2.79 bits per heavy atom. The van der Waals surface area contributed by atoms with Crippen molar-refractivity contribution < 1.29 is 4.79 Å². The van der Waals surface area contributed by atoms with Gasteiger partial charge in [-0.05, 0) is 13.8 Å². The predicted octanol–water partition coefficient (Wildman–Crippen LogP) is 0.802. The lowest BCUT2D eigenvalue weighted by molar-refractivity contribution is -0.119. The molecular formula is C10H15N3O. The molecule has 0 saturated carbocycles. The van der Waals surface area contributed by atoms with Crippen molar-refractivity contribution in [2.24, 2.45) is 7.05 Å². The van der Waals surface area contributed by atoms with Crippen molar-refractivity contribution in [2.45, 2.75) is 31.7 Å². The summed E-state index contributed by atoms with van der Waals surface area (Å²) in [6.45, 7) is 4.10. The van der Waals surface area contributed by atoms with Crippen molar-refractivity contribution in [3.63, 3.8) is 0 Å². The molecule has 1 unspecified atom stereocenters. The molecule has 1 saturated heterocycles. The van der Waals surface area contributed by atoms with Gasteiger partial charge in [0.25, 0.3) is 0 Å². The van der Waals surface area contributed by atoms with E-state index in [0.29, 0.717) is 6.42 Å². The summed E-state index contributed by atoms with van der Waals surface area (Å²) in [7, 11) is 1.96. The third-order valence-electron chi connectivity index (χ3n) is 2.93. The number of hydrogen-bond acceptors (Lipinski definition) is 2. The fourth-order valence-electron chi connectivity index (χ4n) is 2.12. The Kier molecular flexibility index (Phi) is 1.87. The minimum Gasteiger partial charge on any atom is -0.351 e. The van der Waals surface area contributed by atoms with E-state index in [1.165, 1.54) is 0 Å². The first-order chi connectivity index (χ1) is 6.50. The van der Waals surface area contributed by atoms with E-state index in [1.807, 2.05) is 17.8 Å². The molecular weight excluding hydrogens is 178 g/mol. The fraction of sp³-hybridized carbons (Fsp3) is 0.600. The minimum atomic E-state index is -0.162. The van der Waals surface area contributed by atoms with Gasteiger partial charge in [-0.1, -0.05) is 0 Å². The molecule has 1 fully saturated rings. The van der Waals surface area contributed by atoms with Crippen molar-refractivity contribution >= 4 is 5.91 Å². The van der Waals surface area contributed by atoms with Gasteiger partial charge in [0, 0.05) is 36.8 Å². The van der Waals surface area contributed by atoms with Gasteiger partial charge in [-0.25, -0.2) is 4.98 Å². The van der Waals surface area contributed by atoms with Crippen LogP contribution in [-0.4, -0.2) is 21.0 Å². The van der Waals surface area contributed by atoms with Crippen LogP contribution >= 0.6 is 0 Å². The van der Waals surface area contributed by atoms with E-state index in [4.69, 9.17) is 0 Å². The molecule has 1 amide bonds. The molecule has 4 nitrogen and oxygen atoms in total. The van der Waals surface area contributed by atoms with Crippen molar-refractivity contribution in [3.8, 4) is 0 Å². The number of imidazole rings is 1. The molecule has 0 spiro atoms. The standard InChI is InChI=1S/C10H15N3O/c1-10(2)7(4-9(14)12-10)8-5-11-6-13(8)3/h5-7H,4H2,1-3H3,(H,12,14). The SMILES string of the molecule is Cn1cncc1C1CC(=O)NC1(C)C. The molecule has 0 radical (unpaired) electrons. The molecule has 2 rings (SSSR count). The van der Waals surface area contributed by atoms with E-state index >= 15 is 0 Å². The Morgan fingerprint density at radius 1 is 1.64 bits per heavy atom. The van der Waals surface area contributed by atoms with Gasteiger partial charge in [-0.2, -0.15) is 0 Å². The van der Waals surface area contributed by atoms with Gasteiger partial charge in [-0.15, -0.1) is 0 Å². The van der Waals surface area contributed by atoms with E-state index in [2.05, 4.69) is 24.1 Å². The summed E-state index contributed by atoms with van der Waals surface area (Å²) >= 11 is 0. The number of aryl methyl sites for hydroxylation is 1. The third kappa shape index (κ3) is 1.31. The van der Waals surface area contributed by atoms with Crippen LogP contribution in [0.5, 0.6) is 0 Å². The van der Waals surface area contributed by atoms with Crippen LogP contribution in [0.1, 0.15) is 31.9 Å². The highest BCUT2D eigenvalue weighted by Gasteiger charge is 2.41. The number of hydrogen-bond donors (Lipinski definition) is 1. The second-order valence-corrected chi connectivity index (χ2v) is 4.46. The summed E-state index contributed by atoms with van der Waals surface area (Å²) in [5.74, 6) is 0.351. The molecule has 0 aliphatic carbocycles. The Morgan fingerprint density at radius 2 is 2.36 bits per heavy atom. The van der Waals surface area contributed by atoms with Crippen molar-refractivity contribution in [1.29, 1.82) is 0 Å². The van der Waals surface area contributed by atoms with Crippen molar-refractivity contribution in [1.82, 2.24) is 14.9 Å². The lowest BCUT2D eigenvalue weighted by atomic mass is 9.87. The van der Waals surface area contributed by atoms with Crippen LogP contribution in [0.2, 0.25) is 0 Å². The van der Waals surface area contributed by atoms with Crippen LogP contribution in [-0.2, 0) is 11.8 Å². The van der Waals surface area contributed by atoms with Gasteiger partial charge in [-0.3, -0.25) is 4.79 Å². The number of nitrogens with one attached hydrogen (secondary N) is 1. The lowest BCUT2D eigenvalue weighted by Gasteiger charge is -2.26. The normalized spacial score (nSPS) is 25.1. The average molecular weight is 193 g/mol. The summed E-state index contributed by atoms with van der Waals surface area (Å²) < 4.78 is 1.98. The Bertz CT molecular complexity index is 367. The first kappa shape index (κ1) is 9.24. The Labute approximate surface area is 83.3 Å². The second-order valence-electron chi connectivity index (χ2n) is 4.46. The molecule has 0 aromatic carbocycles. The number of carbonyl (C=O) groups is 1. The van der Waals surface area contributed by atoms with Crippen molar-refractivity contribution in [2.75, 3.05) is 0 Å². The Balaban J connectivity index is 2.36. The fourth-order valence-corrected chi connectivity index (χ4v) is 2.12. The summed E-state index contributed by atoms with van der Waals surface area (Å²) in [5, 5.41) is 2.98. The van der Waals surface area contributed by atoms with Gasteiger partial charge in [0.2, 0.25) is 5.91 Å². The molecule has 1 N–H and O–H groups in total. The molecule has 0 bridgehead atoms. The number of rotatable bonds is 1. The summed E-state index contributed by atoms with van der Waals surface area (Å²) in [6, 6.07) is 0. The molecule has 2 heterocycles. The summed E-state index contributed by atoms with van der Waals surface area (Å²) in [6.07, 6.45) is 4.17. The number of aromatic nitrogens is 2. The molecule has 1 aliphatic heterocycles. The number of nitrogens with zero attached hydrogens (tertiary/aromatic N) is 2. The first-order valence-corrected chi connectivity index (χ1v) is 4.78. The van der Waals surface area contributed by atoms with Crippen LogP contribution in [0.4, 0.5) is 0 Å². The van der Waals surface area contributed by atoms with E-state index in [0.717, 1.165) is 5.69 Å². The van der Waals surface area contributed by atoms with Crippen LogP contribution in [0.15, 0.2) is 12.5 Å². The predicted molar refractivity (Wildman–Crippen MR) is 52.8 cm³/mol. The highest BCUT2D eigenvalue weighted by molar-refractivity contribution is 5.81. The zero-order chi connectivity index (χ0) is 10.3. The Hall–Kier alpha value is -1.32. The van der Waals surface area contributed by atoms with Gasteiger partial charge in [0.1, 0.15) is 0 Å². The molecule has 1 aliphatic rings. The third-order valence-corrected chi connectivity index (χ3v) is 2.93. The van der Waals surface area contributed by atoms with E-state index in [9.17, 15) is 4.79 Å². The smallest absolute Gasteiger partial charge is 0.221 e. The minimum absolute atomic E-state index is 0.126. The number of carbonyl (C=O) groups excluding carboxylic acids is 1. The van der Waals surface area contributed by atoms with Crippen LogP contribution in [0.3, 0.4) is 0 Å². The van der Waals surface area contributed by atoms with Gasteiger partial charge in [0.05, 0.1) is 6.33 Å². The maximum atomic E-state index is 11.3. The average Bonchev–Trinajstić information content (AvgIpc) is 2.55. The molecule has 1 aromatic heterocycles. The molecule has 1 atom stereocenters.